The topological polar surface area (TPSA) is 83.3 Å². The van der Waals surface area contributed by atoms with Gasteiger partial charge in [0.15, 0.2) is 0 Å². The number of nitrogens with zero attached hydrogens (tertiary/aromatic N) is 3. The number of benzene rings is 1. The van der Waals surface area contributed by atoms with Crippen LogP contribution in [0.4, 0.5) is 8.78 Å². The molecule has 0 aliphatic carbocycles. The van der Waals surface area contributed by atoms with Crippen LogP contribution in [0, 0.1) is 0 Å². The van der Waals surface area contributed by atoms with Crippen molar-refractivity contribution in [2.24, 2.45) is 0 Å². The summed E-state index contributed by atoms with van der Waals surface area (Å²) in [6.45, 7) is -0.491. The van der Waals surface area contributed by atoms with Crippen molar-refractivity contribution in [1.29, 1.82) is 0 Å². The standard InChI is InChI=1S/C22H23F2N3O5/c1-14-20(29)25(10-8-16-3-2-12-31-16)13-18-26(11-9-19(28)27(14)18)21(30)15-4-6-17(7-5-15)32-22(23)24/h2-7,12,14,18,22H,8-11,13H2,1H3. The lowest BCUT2D eigenvalue weighted by molar-refractivity contribution is -0.165. The van der Waals surface area contributed by atoms with Gasteiger partial charge in [-0.3, -0.25) is 14.4 Å². The van der Waals surface area contributed by atoms with E-state index in [4.69, 9.17) is 4.42 Å². The highest BCUT2D eigenvalue weighted by atomic mass is 19.3. The van der Waals surface area contributed by atoms with Crippen LogP contribution < -0.4 is 4.74 Å². The molecule has 2 atom stereocenters. The second-order valence-corrected chi connectivity index (χ2v) is 7.72. The molecule has 1 aromatic carbocycles. The Hall–Kier alpha value is -3.43. The Labute approximate surface area is 183 Å². The van der Waals surface area contributed by atoms with Gasteiger partial charge in [-0.15, -0.1) is 0 Å². The summed E-state index contributed by atoms with van der Waals surface area (Å²) in [6.07, 6.45) is 1.59. The normalized spacial score (nSPS) is 21.2. The number of ether oxygens (including phenoxy) is 1. The number of rotatable bonds is 6. The Kier molecular flexibility index (Phi) is 6.11. The van der Waals surface area contributed by atoms with E-state index in [1.165, 1.54) is 29.2 Å². The zero-order chi connectivity index (χ0) is 22.8. The van der Waals surface area contributed by atoms with Crippen molar-refractivity contribution in [3.63, 3.8) is 0 Å². The van der Waals surface area contributed by atoms with E-state index in [2.05, 4.69) is 4.74 Å². The van der Waals surface area contributed by atoms with Crippen LogP contribution in [0.1, 0.15) is 29.5 Å². The summed E-state index contributed by atoms with van der Waals surface area (Å²) < 4.78 is 34.4. The summed E-state index contributed by atoms with van der Waals surface area (Å²) in [5.74, 6) is -0.00141. The van der Waals surface area contributed by atoms with Crippen molar-refractivity contribution in [1.82, 2.24) is 14.7 Å². The Morgan fingerprint density at radius 2 is 1.97 bits per heavy atom. The third-order valence-corrected chi connectivity index (χ3v) is 5.80. The average molecular weight is 447 g/mol. The Bertz CT molecular complexity index is 980. The summed E-state index contributed by atoms with van der Waals surface area (Å²) in [6, 6.07) is 8.32. The van der Waals surface area contributed by atoms with Crippen LogP contribution in [0.15, 0.2) is 47.1 Å². The molecule has 0 radical (unpaired) electrons. The van der Waals surface area contributed by atoms with Gasteiger partial charge in [0.1, 0.15) is 23.7 Å². The van der Waals surface area contributed by atoms with Gasteiger partial charge in [-0.2, -0.15) is 8.78 Å². The molecule has 0 bridgehead atoms. The summed E-state index contributed by atoms with van der Waals surface area (Å²) in [4.78, 5) is 43.4. The molecule has 10 heteroatoms. The molecule has 0 N–H and O–H groups in total. The second-order valence-electron chi connectivity index (χ2n) is 7.72. The van der Waals surface area contributed by atoms with Crippen LogP contribution in [-0.2, 0) is 16.0 Å². The first-order chi connectivity index (χ1) is 15.3. The minimum atomic E-state index is -2.95. The maximum Gasteiger partial charge on any atom is 0.387 e. The van der Waals surface area contributed by atoms with Crippen LogP contribution in [0.2, 0.25) is 0 Å². The van der Waals surface area contributed by atoms with E-state index in [1.54, 1.807) is 29.1 Å². The lowest BCUT2D eigenvalue weighted by atomic mass is 10.0. The minimum absolute atomic E-state index is 0.0482. The fraction of sp³-hybridized carbons (Fsp3) is 0.409. The van der Waals surface area contributed by atoms with Crippen LogP contribution >= 0.6 is 0 Å². The summed E-state index contributed by atoms with van der Waals surface area (Å²) in [5.41, 5.74) is 0.285. The third-order valence-electron chi connectivity index (χ3n) is 5.80. The fourth-order valence-corrected chi connectivity index (χ4v) is 4.22. The van der Waals surface area contributed by atoms with Crippen LogP contribution in [0.5, 0.6) is 5.75 Å². The van der Waals surface area contributed by atoms with Crippen molar-refractivity contribution < 1.29 is 32.3 Å². The number of carbonyl (C=O) groups excluding carboxylic acids is 3. The molecule has 0 saturated carbocycles. The molecule has 1 aromatic heterocycles. The molecule has 2 saturated heterocycles. The Balaban J connectivity index is 1.53. The number of fused-ring (bicyclic) bond motifs is 1. The molecule has 2 aromatic rings. The van der Waals surface area contributed by atoms with E-state index in [0.717, 1.165) is 5.76 Å². The molecule has 32 heavy (non-hydrogen) atoms. The van der Waals surface area contributed by atoms with Crippen molar-refractivity contribution in [3.05, 3.63) is 54.0 Å². The molecule has 3 heterocycles. The van der Waals surface area contributed by atoms with E-state index in [-0.39, 0.29) is 48.5 Å². The molecule has 2 fully saturated rings. The largest absolute Gasteiger partial charge is 0.469 e. The lowest BCUT2D eigenvalue weighted by Gasteiger charge is -2.51. The van der Waals surface area contributed by atoms with E-state index < -0.39 is 18.8 Å². The van der Waals surface area contributed by atoms with E-state index in [0.29, 0.717) is 13.0 Å². The maximum absolute atomic E-state index is 13.2. The first kappa shape index (κ1) is 21.8. The SMILES string of the molecule is CC1C(=O)N(CCc2ccco2)CC2N(C(=O)c3ccc(OC(F)F)cc3)CCC(=O)N12. The molecule has 3 amide bonds. The fourth-order valence-electron chi connectivity index (χ4n) is 4.22. The van der Waals surface area contributed by atoms with Gasteiger partial charge >= 0.3 is 6.61 Å². The van der Waals surface area contributed by atoms with Gasteiger partial charge in [0.05, 0.1) is 12.8 Å². The van der Waals surface area contributed by atoms with Crippen LogP contribution in [0.25, 0.3) is 0 Å². The highest BCUT2D eigenvalue weighted by Crippen LogP contribution is 2.27. The maximum atomic E-state index is 13.2. The number of hydrogen-bond acceptors (Lipinski definition) is 5. The molecule has 2 unspecified atom stereocenters. The number of alkyl halides is 2. The molecule has 0 spiro atoms. The summed E-state index contributed by atoms with van der Waals surface area (Å²) in [5, 5.41) is 0. The summed E-state index contributed by atoms with van der Waals surface area (Å²) >= 11 is 0. The third kappa shape index (κ3) is 4.30. The van der Waals surface area contributed by atoms with Crippen molar-refractivity contribution in [2.75, 3.05) is 19.6 Å². The zero-order valence-corrected chi connectivity index (χ0v) is 17.4. The zero-order valence-electron chi connectivity index (χ0n) is 17.4. The molecule has 2 aliphatic rings. The number of hydrogen-bond donors (Lipinski definition) is 0. The smallest absolute Gasteiger partial charge is 0.387 e. The first-order valence-electron chi connectivity index (χ1n) is 10.3. The number of halogens is 2. The van der Waals surface area contributed by atoms with E-state index >= 15 is 0 Å². The molecule has 4 rings (SSSR count). The summed E-state index contributed by atoms with van der Waals surface area (Å²) in [7, 11) is 0. The highest BCUT2D eigenvalue weighted by Gasteiger charge is 2.46. The van der Waals surface area contributed by atoms with Gasteiger partial charge in [0, 0.05) is 31.5 Å². The number of piperazine rings is 1. The van der Waals surface area contributed by atoms with Crippen molar-refractivity contribution in [3.8, 4) is 5.75 Å². The number of carbonyl (C=O) groups is 3. The van der Waals surface area contributed by atoms with Crippen molar-refractivity contribution in [2.45, 2.75) is 38.6 Å². The minimum Gasteiger partial charge on any atom is -0.469 e. The average Bonchev–Trinajstić information content (AvgIpc) is 3.28. The van der Waals surface area contributed by atoms with Gasteiger partial charge in [0.2, 0.25) is 11.8 Å². The van der Waals surface area contributed by atoms with Gasteiger partial charge in [-0.1, -0.05) is 0 Å². The molecular formula is C22H23F2N3O5. The van der Waals surface area contributed by atoms with Crippen LogP contribution in [-0.4, -0.2) is 70.9 Å². The lowest BCUT2D eigenvalue weighted by Crippen LogP contribution is -2.70. The van der Waals surface area contributed by atoms with Gasteiger partial charge < -0.3 is 23.9 Å². The quantitative estimate of drug-likeness (QED) is 0.679. The Morgan fingerprint density at radius 3 is 2.62 bits per heavy atom. The molecule has 8 nitrogen and oxygen atoms in total. The Morgan fingerprint density at radius 1 is 1.22 bits per heavy atom. The predicted molar refractivity (Wildman–Crippen MR) is 108 cm³/mol. The van der Waals surface area contributed by atoms with E-state index in [9.17, 15) is 23.2 Å². The number of furan rings is 1. The van der Waals surface area contributed by atoms with Gasteiger partial charge in [-0.25, -0.2) is 0 Å². The molecular weight excluding hydrogens is 424 g/mol. The van der Waals surface area contributed by atoms with Crippen LogP contribution in [0.3, 0.4) is 0 Å². The molecule has 170 valence electrons. The predicted octanol–water partition coefficient (Wildman–Crippen LogP) is 2.36. The molecule has 2 aliphatic heterocycles. The monoisotopic (exact) mass is 447 g/mol. The van der Waals surface area contributed by atoms with Crippen molar-refractivity contribution >= 4 is 17.7 Å². The van der Waals surface area contributed by atoms with E-state index in [1.807, 2.05) is 6.07 Å². The van der Waals surface area contributed by atoms with Gasteiger partial charge in [-0.05, 0) is 43.3 Å². The number of amides is 3. The first-order valence-corrected chi connectivity index (χ1v) is 10.3. The second kappa shape index (κ2) is 8.97. The van der Waals surface area contributed by atoms with Gasteiger partial charge in [0.25, 0.3) is 5.91 Å². The highest BCUT2D eigenvalue weighted by molar-refractivity contribution is 5.97.